The first kappa shape index (κ1) is 18.2. The van der Waals surface area contributed by atoms with Crippen LogP contribution in [0.4, 0.5) is 14.9 Å². The number of carbonyl (C=O) groups excluding carboxylic acids is 1. The second-order valence-corrected chi connectivity index (χ2v) is 7.14. The van der Waals surface area contributed by atoms with Crippen LogP contribution in [0.3, 0.4) is 0 Å². The minimum atomic E-state index is -0.412. The Bertz CT molecular complexity index is 1090. The Labute approximate surface area is 161 Å². The Balaban J connectivity index is 1.45. The maximum absolute atomic E-state index is 13.3. The summed E-state index contributed by atoms with van der Waals surface area (Å²) in [5.41, 5.74) is 2.04. The number of rotatable bonds is 2. The Morgan fingerprint density at radius 1 is 1.18 bits per heavy atom. The molecule has 1 aliphatic rings. The number of likely N-dealkylation sites (tertiary alicyclic amines) is 1. The number of anilines is 1. The first-order valence-corrected chi connectivity index (χ1v) is 9.30. The molecule has 1 N–H and O–H groups in total. The van der Waals surface area contributed by atoms with E-state index in [2.05, 4.69) is 10.3 Å². The van der Waals surface area contributed by atoms with Gasteiger partial charge in [0.05, 0.1) is 17.2 Å². The van der Waals surface area contributed by atoms with E-state index in [4.69, 9.17) is 0 Å². The quantitative estimate of drug-likeness (QED) is 0.737. The average molecular weight is 380 g/mol. The van der Waals surface area contributed by atoms with Crippen molar-refractivity contribution in [2.45, 2.75) is 25.8 Å². The van der Waals surface area contributed by atoms with Crippen molar-refractivity contribution in [1.29, 1.82) is 0 Å². The average Bonchev–Trinajstić information content (AvgIpc) is 2.68. The zero-order valence-corrected chi connectivity index (χ0v) is 15.6. The molecule has 0 unspecified atom stereocenters. The molecule has 4 rings (SSSR count). The van der Waals surface area contributed by atoms with Gasteiger partial charge in [0.25, 0.3) is 5.56 Å². The number of carbonyl (C=O) groups is 1. The first-order chi connectivity index (χ1) is 13.5. The smallest absolute Gasteiger partial charge is 0.321 e. The maximum Gasteiger partial charge on any atom is 0.321 e. The molecule has 1 fully saturated rings. The molecule has 0 radical (unpaired) electrons. The van der Waals surface area contributed by atoms with Gasteiger partial charge < -0.3 is 10.2 Å². The number of nitrogens with one attached hydrogen (secondary N) is 1. The number of hydrogen-bond donors (Lipinski definition) is 1. The molecule has 7 heteroatoms. The monoisotopic (exact) mass is 380 g/mol. The minimum absolute atomic E-state index is 0.0301. The van der Waals surface area contributed by atoms with Gasteiger partial charge in [0.2, 0.25) is 0 Å². The normalized spacial score (nSPS) is 15.0. The van der Waals surface area contributed by atoms with Gasteiger partial charge >= 0.3 is 6.03 Å². The molecule has 1 aromatic heterocycles. The number of halogens is 1. The van der Waals surface area contributed by atoms with Gasteiger partial charge in [-0.25, -0.2) is 14.2 Å². The molecule has 28 heavy (non-hydrogen) atoms. The summed E-state index contributed by atoms with van der Waals surface area (Å²) in [5, 5.41) is 3.32. The maximum atomic E-state index is 13.3. The molecule has 2 heterocycles. The van der Waals surface area contributed by atoms with Crippen LogP contribution in [0, 0.1) is 12.7 Å². The van der Waals surface area contributed by atoms with Gasteiger partial charge in [-0.2, -0.15) is 0 Å². The largest absolute Gasteiger partial charge is 0.324 e. The number of amides is 2. The molecule has 3 aromatic rings. The lowest BCUT2D eigenvalue weighted by Gasteiger charge is -2.32. The Morgan fingerprint density at radius 2 is 1.96 bits per heavy atom. The van der Waals surface area contributed by atoms with Crippen LogP contribution in [0.2, 0.25) is 0 Å². The van der Waals surface area contributed by atoms with E-state index in [-0.39, 0.29) is 17.6 Å². The molecule has 6 nitrogen and oxygen atoms in total. The molecule has 1 aliphatic heterocycles. The lowest BCUT2D eigenvalue weighted by Crippen LogP contribution is -2.42. The summed E-state index contributed by atoms with van der Waals surface area (Å²) in [6.45, 7) is 3.08. The van der Waals surface area contributed by atoms with E-state index in [1.54, 1.807) is 9.47 Å². The summed E-state index contributed by atoms with van der Waals surface area (Å²) in [4.78, 5) is 31.2. The summed E-state index contributed by atoms with van der Waals surface area (Å²) in [6, 6.07) is 11.5. The van der Waals surface area contributed by atoms with E-state index in [0.717, 1.165) is 11.3 Å². The predicted molar refractivity (Wildman–Crippen MR) is 106 cm³/mol. The van der Waals surface area contributed by atoms with Crippen LogP contribution in [-0.2, 0) is 0 Å². The van der Waals surface area contributed by atoms with Crippen LogP contribution in [-0.4, -0.2) is 33.6 Å². The van der Waals surface area contributed by atoms with Crippen molar-refractivity contribution in [2.75, 3.05) is 18.4 Å². The third kappa shape index (κ3) is 3.60. The zero-order chi connectivity index (χ0) is 19.7. The number of piperidine rings is 1. The third-order valence-corrected chi connectivity index (χ3v) is 5.16. The number of fused-ring (bicyclic) bond motifs is 1. The van der Waals surface area contributed by atoms with Gasteiger partial charge in [0, 0.05) is 30.9 Å². The van der Waals surface area contributed by atoms with E-state index in [9.17, 15) is 14.0 Å². The highest BCUT2D eigenvalue weighted by molar-refractivity contribution is 5.89. The number of nitrogens with zero attached hydrogens (tertiary/aromatic N) is 3. The standard InChI is InChI=1S/C21H21FN4O2/c1-14-3-2-4-16(11-14)24-21(28)25-9-7-17(8-10-25)26-13-23-19-12-15(22)5-6-18(19)20(26)27/h2-6,11-13,17H,7-10H2,1H3,(H,24,28). The van der Waals surface area contributed by atoms with Crippen LogP contribution < -0.4 is 10.9 Å². The Hall–Kier alpha value is -3.22. The molecule has 144 valence electrons. The van der Waals surface area contributed by atoms with Crippen LogP contribution in [0.15, 0.2) is 53.6 Å². The van der Waals surface area contributed by atoms with E-state index in [0.29, 0.717) is 36.8 Å². The lowest BCUT2D eigenvalue weighted by atomic mass is 10.0. The van der Waals surface area contributed by atoms with Crippen LogP contribution in [0.25, 0.3) is 10.9 Å². The fourth-order valence-corrected chi connectivity index (χ4v) is 3.64. The van der Waals surface area contributed by atoms with Gasteiger partial charge in [-0.15, -0.1) is 0 Å². The molecule has 0 atom stereocenters. The van der Waals surface area contributed by atoms with Crippen molar-refractivity contribution in [3.8, 4) is 0 Å². The second-order valence-electron chi connectivity index (χ2n) is 7.14. The number of benzene rings is 2. The molecule has 1 saturated heterocycles. The molecule has 2 aromatic carbocycles. The molecular formula is C21H21FN4O2. The summed E-state index contributed by atoms with van der Waals surface area (Å²) in [7, 11) is 0. The van der Waals surface area contributed by atoms with E-state index >= 15 is 0 Å². The summed E-state index contributed by atoms with van der Waals surface area (Å²) >= 11 is 0. The molecule has 0 spiro atoms. The molecular weight excluding hydrogens is 359 g/mol. The molecule has 0 saturated carbocycles. The van der Waals surface area contributed by atoms with E-state index in [1.165, 1.54) is 24.5 Å². The van der Waals surface area contributed by atoms with Crippen LogP contribution >= 0.6 is 0 Å². The number of urea groups is 1. The topological polar surface area (TPSA) is 67.2 Å². The van der Waals surface area contributed by atoms with Crippen LogP contribution in [0.1, 0.15) is 24.4 Å². The number of aromatic nitrogens is 2. The van der Waals surface area contributed by atoms with Crippen molar-refractivity contribution in [3.63, 3.8) is 0 Å². The SMILES string of the molecule is Cc1cccc(NC(=O)N2CCC(n3cnc4cc(F)ccc4c3=O)CC2)c1. The minimum Gasteiger partial charge on any atom is -0.324 e. The van der Waals surface area contributed by atoms with Crippen LogP contribution in [0.5, 0.6) is 0 Å². The predicted octanol–water partition coefficient (Wildman–Crippen LogP) is 3.71. The zero-order valence-electron chi connectivity index (χ0n) is 15.6. The molecule has 2 amide bonds. The lowest BCUT2D eigenvalue weighted by molar-refractivity contribution is 0.182. The second kappa shape index (κ2) is 7.42. The van der Waals surface area contributed by atoms with Crippen molar-refractivity contribution >= 4 is 22.6 Å². The fraction of sp³-hybridized carbons (Fsp3) is 0.286. The highest BCUT2D eigenvalue weighted by Crippen LogP contribution is 2.22. The highest BCUT2D eigenvalue weighted by atomic mass is 19.1. The first-order valence-electron chi connectivity index (χ1n) is 9.30. The van der Waals surface area contributed by atoms with Crippen molar-refractivity contribution in [3.05, 3.63) is 70.5 Å². The fourth-order valence-electron chi connectivity index (χ4n) is 3.64. The molecule has 0 bridgehead atoms. The van der Waals surface area contributed by atoms with Gasteiger partial charge in [-0.1, -0.05) is 12.1 Å². The molecule has 0 aliphatic carbocycles. The summed E-state index contributed by atoms with van der Waals surface area (Å²) < 4.78 is 14.9. The number of aryl methyl sites for hydroxylation is 1. The van der Waals surface area contributed by atoms with Crippen molar-refractivity contribution in [1.82, 2.24) is 14.5 Å². The number of hydrogen-bond acceptors (Lipinski definition) is 3. The van der Waals surface area contributed by atoms with E-state index in [1.807, 2.05) is 31.2 Å². The Kier molecular flexibility index (Phi) is 4.81. The highest BCUT2D eigenvalue weighted by Gasteiger charge is 2.25. The van der Waals surface area contributed by atoms with Gasteiger partial charge in [0.1, 0.15) is 5.82 Å². The third-order valence-electron chi connectivity index (χ3n) is 5.16. The van der Waals surface area contributed by atoms with Gasteiger partial charge in [-0.05, 0) is 49.6 Å². The van der Waals surface area contributed by atoms with E-state index < -0.39 is 5.82 Å². The summed E-state index contributed by atoms with van der Waals surface area (Å²) in [6.07, 6.45) is 2.81. The van der Waals surface area contributed by atoms with Crippen molar-refractivity contribution in [2.24, 2.45) is 0 Å². The van der Waals surface area contributed by atoms with Gasteiger partial charge in [0.15, 0.2) is 0 Å². The summed E-state index contributed by atoms with van der Waals surface area (Å²) in [5.74, 6) is -0.412. The van der Waals surface area contributed by atoms with Crippen molar-refractivity contribution < 1.29 is 9.18 Å². The van der Waals surface area contributed by atoms with Gasteiger partial charge in [-0.3, -0.25) is 9.36 Å². The Morgan fingerprint density at radius 3 is 2.71 bits per heavy atom.